The summed E-state index contributed by atoms with van der Waals surface area (Å²) in [5.74, 6) is 1.63. The van der Waals surface area contributed by atoms with Crippen molar-refractivity contribution in [2.75, 3.05) is 27.4 Å². The highest BCUT2D eigenvalue weighted by atomic mass is 79.9. The van der Waals surface area contributed by atoms with E-state index in [1.165, 1.54) is 29.2 Å². The number of hydrogen-bond donors (Lipinski definition) is 0. The summed E-state index contributed by atoms with van der Waals surface area (Å²) in [6.45, 7) is 5.02. The van der Waals surface area contributed by atoms with Gasteiger partial charge in [-0.25, -0.2) is 9.79 Å². The zero-order chi connectivity index (χ0) is 31.2. The van der Waals surface area contributed by atoms with E-state index in [-0.39, 0.29) is 11.1 Å². The van der Waals surface area contributed by atoms with E-state index >= 15 is 0 Å². The molecule has 11 heteroatoms. The Bertz CT molecular complexity index is 1880. The third kappa shape index (κ3) is 6.58. The fraction of sp³-hybridized carbons (Fsp3) is 0.242. The molecular formula is C33H31BrN2O7S. The highest BCUT2D eigenvalue weighted by Crippen LogP contribution is 2.35. The van der Waals surface area contributed by atoms with Crippen molar-refractivity contribution < 1.29 is 28.5 Å². The van der Waals surface area contributed by atoms with Crippen LogP contribution in [0.4, 0.5) is 0 Å². The van der Waals surface area contributed by atoms with Crippen LogP contribution in [-0.2, 0) is 16.1 Å². The van der Waals surface area contributed by atoms with Crippen molar-refractivity contribution >= 4 is 39.3 Å². The van der Waals surface area contributed by atoms with Gasteiger partial charge in [-0.2, -0.15) is 0 Å². The number of thiazole rings is 1. The molecule has 1 aliphatic rings. The Morgan fingerprint density at radius 3 is 2.34 bits per heavy atom. The molecule has 44 heavy (non-hydrogen) atoms. The van der Waals surface area contributed by atoms with Crippen molar-refractivity contribution in [1.29, 1.82) is 0 Å². The van der Waals surface area contributed by atoms with Crippen molar-refractivity contribution in [2.24, 2.45) is 4.99 Å². The summed E-state index contributed by atoms with van der Waals surface area (Å²) in [4.78, 5) is 31.7. The summed E-state index contributed by atoms with van der Waals surface area (Å²) >= 11 is 4.67. The Hall–Kier alpha value is -4.35. The predicted octanol–water partition coefficient (Wildman–Crippen LogP) is 5.17. The zero-order valence-corrected chi connectivity index (χ0v) is 27.1. The van der Waals surface area contributed by atoms with Crippen LogP contribution in [0.1, 0.15) is 36.6 Å². The van der Waals surface area contributed by atoms with Crippen LogP contribution in [0.3, 0.4) is 0 Å². The molecule has 1 aromatic heterocycles. The molecule has 1 atom stereocenters. The van der Waals surface area contributed by atoms with Crippen molar-refractivity contribution in [3.8, 4) is 23.0 Å². The number of aromatic nitrogens is 1. The molecule has 4 aromatic rings. The number of esters is 1. The number of rotatable bonds is 11. The van der Waals surface area contributed by atoms with E-state index in [2.05, 4.69) is 20.9 Å². The lowest BCUT2D eigenvalue weighted by Gasteiger charge is -2.23. The Morgan fingerprint density at radius 1 is 0.932 bits per heavy atom. The fourth-order valence-electron chi connectivity index (χ4n) is 4.77. The van der Waals surface area contributed by atoms with Crippen LogP contribution >= 0.6 is 27.3 Å². The molecule has 0 saturated heterocycles. The minimum atomic E-state index is -0.778. The first-order valence-electron chi connectivity index (χ1n) is 13.9. The number of halogens is 1. The number of carbonyl (C=O) groups is 1. The highest BCUT2D eigenvalue weighted by Gasteiger charge is 2.31. The Kier molecular flexibility index (Phi) is 9.86. The van der Waals surface area contributed by atoms with Crippen LogP contribution < -0.4 is 33.8 Å². The first-order chi connectivity index (χ1) is 21.4. The molecular weight excluding hydrogens is 648 g/mol. The van der Waals surface area contributed by atoms with Gasteiger partial charge in [0.15, 0.2) is 27.8 Å². The summed E-state index contributed by atoms with van der Waals surface area (Å²) in [5.41, 5.74) is 2.35. The number of ether oxygens (including phenoxy) is 5. The monoisotopic (exact) mass is 678 g/mol. The van der Waals surface area contributed by atoms with Gasteiger partial charge in [-0.3, -0.25) is 9.36 Å². The first-order valence-corrected chi connectivity index (χ1v) is 15.5. The molecule has 0 bridgehead atoms. The first kappa shape index (κ1) is 31.1. The van der Waals surface area contributed by atoms with Crippen LogP contribution in [-0.4, -0.2) is 38.0 Å². The molecule has 5 rings (SSSR count). The Balaban J connectivity index is 1.53. The Morgan fingerprint density at radius 2 is 1.64 bits per heavy atom. The molecule has 0 radical (unpaired) electrons. The molecule has 3 aromatic carbocycles. The van der Waals surface area contributed by atoms with Crippen LogP contribution in [0.25, 0.3) is 6.08 Å². The van der Waals surface area contributed by atoms with Gasteiger partial charge in [0, 0.05) is 10.7 Å². The van der Waals surface area contributed by atoms with Crippen LogP contribution in [0, 0.1) is 0 Å². The van der Waals surface area contributed by atoms with Gasteiger partial charge in [-0.15, -0.1) is 0 Å². The van der Waals surface area contributed by atoms with E-state index in [0.717, 1.165) is 15.6 Å². The second-order valence-corrected chi connectivity index (χ2v) is 11.5. The van der Waals surface area contributed by atoms with E-state index in [0.29, 0.717) is 57.7 Å². The summed E-state index contributed by atoms with van der Waals surface area (Å²) in [6, 6.07) is 18.0. The normalized spacial score (nSPS) is 14.2. The van der Waals surface area contributed by atoms with E-state index in [9.17, 15) is 9.59 Å². The summed E-state index contributed by atoms with van der Waals surface area (Å²) in [6.07, 6.45) is 3.23. The van der Waals surface area contributed by atoms with E-state index in [1.807, 2.05) is 62.4 Å². The van der Waals surface area contributed by atoms with E-state index in [4.69, 9.17) is 23.7 Å². The second-order valence-electron chi connectivity index (χ2n) is 9.57. The average molecular weight is 680 g/mol. The van der Waals surface area contributed by atoms with Crippen LogP contribution in [0.15, 0.2) is 86.7 Å². The number of benzene rings is 3. The molecule has 228 valence electrons. The quantitative estimate of drug-likeness (QED) is 0.202. The molecule has 0 fully saturated rings. The lowest BCUT2D eigenvalue weighted by molar-refractivity contribution is -0.136. The molecule has 2 heterocycles. The molecule has 0 amide bonds. The van der Waals surface area contributed by atoms with Crippen LogP contribution in [0.5, 0.6) is 23.0 Å². The lowest BCUT2D eigenvalue weighted by atomic mass is 9.97. The minimum Gasteiger partial charge on any atom is -0.493 e. The zero-order valence-electron chi connectivity index (χ0n) is 24.7. The molecule has 0 aliphatic carbocycles. The molecule has 9 nitrogen and oxygen atoms in total. The predicted molar refractivity (Wildman–Crippen MR) is 171 cm³/mol. The molecule has 0 spiro atoms. The van der Waals surface area contributed by atoms with Crippen molar-refractivity contribution in [3.05, 3.63) is 113 Å². The third-order valence-corrected chi connectivity index (χ3v) is 8.33. The lowest BCUT2D eigenvalue weighted by Crippen LogP contribution is -2.39. The minimum absolute atomic E-state index is 0.229. The fourth-order valence-corrected chi connectivity index (χ4v) is 6.01. The largest absolute Gasteiger partial charge is 0.493 e. The van der Waals surface area contributed by atoms with Gasteiger partial charge < -0.3 is 23.7 Å². The second kappa shape index (κ2) is 14.0. The average Bonchev–Trinajstić information content (AvgIpc) is 3.35. The van der Waals surface area contributed by atoms with Crippen molar-refractivity contribution in [2.45, 2.75) is 26.5 Å². The maximum absolute atomic E-state index is 13.9. The van der Waals surface area contributed by atoms with Gasteiger partial charge in [0.05, 0.1) is 43.6 Å². The number of fused-ring (bicyclic) bond motifs is 1. The van der Waals surface area contributed by atoms with E-state index < -0.39 is 12.0 Å². The van der Waals surface area contributed by atoms with E-state index in [1.54, 1.807) is 25.3 Å². The third-order valence-electron chi connectivity index (χ3n) is 6.80. The van der Waals surface area contributed by atoms with Crippen molar-refractivity contribution in [3.63, 3.8) is 0 Å². The number of nitrogens with zero attached hydrogens (tertiary/aromatic N) is 2. The van der Waals surface area contributed by atoms with Gasteiger partial charge in [0.2, 0.25) is 0 Å². The maximum Gasteiger partial charge on any atom is 0.337 e. The van der Waals surface area contributed by atoms with Gasteiger partial charge in [0.1, 0.15) is 6.61 Å². The standard InChI is InChI=1S/C33H31BrN2O7S/c1-5-41-26-14-10-22(17-28(26)42-6-2)30-24(32(38)40-4)18-35-33-36(30)31(37)29(44-33)16-21-9-13-25(27(15-21)39-3)43-19-20-7-11-23(34)12-8-20/h7-18,30H,5-6,19H2,1-4H3/b29-16-/t30-/m1/s1. The van der Waals surface area contributed by atoms with Gasteiger partial charge >= 0.3 is 5.97 Å². The number of carbonyl (C=O) groups excluding carboxylic acids is 1. The van der Waals surface area contributed by atoms with Gasteiger partial charge in [0.25, 0.3) is 5.56 Å². The van der Waals surface area contributed by atoms with Crippen molar-refractivity contribution in [1.82, 2.24) is 4.57 Å². The molecule has 0 saturated carbocycles. The SMILES string of the molecule is CCOc1ccc([C@@H]2C(C(=O)OC)=CN=c3s/c(=C\c4ccc(OCc5ccc(Br)cc5)c(OC)c4)c(=O)n32)cc1OCC. The van der Waals surface area contributed by atoms with Crippen LogP contribution in [0.2, 0.25) is 0 Å². The summed E-state index contributed by atoms with van der Waals surface area (Å²) in [5, 5.41) is 0. The van der Waals surface area contributed by atoms with Gasteiger partial charge in [-0.1, -0.05) is 51.5 Å². The highest BCUT2D eigenvalue weighted by molar-refractivity contribution is 9.10. The smallest absolute Gasteiger partial charge is 0.337 e. The molecule has 0 N–H and O–H groups in total. The number of methoxy groups -OCH3 is 2. The maximum atomic E-state index is 13.9. The summed E-state index contributed by atoms with van der Waals surface area (Å²) < 4.78 is 31.2. The van der Waals surface area contributed by atoms with Gasteiger partial charge in [-0.05, 0) is 73.0 Å². The Labute approximate surface area is 266 Å². The number of hydrogen-bond acceptors (Lipinski definition) is 9. The summed E-state index contributed by atoms with van der Waals surface area (Å²) in [7, 11) is 2.87. The topological polar surface area (TPSA) is 97.6 Å². The molecule has 1 aliphatic heterocycles. The molecule has 0 unspecified atom stereocenters.